The molecule has 1 aromatic heterocycles. The Hall–Kier alpha value is -1.26. The van der Waals surface area contributed by atoms with Crippen LogP contribution in [0.3, 0.4) is 0 Å². The molecule has 2 heterocycles. The van der Waals surface area contributed by atoms with Gasteiger partial charge in [0.05, 0.1) is 11.0 Å². The van der Waals surface area contributed by atoms with Crippen molar-refractivity contribution in [2.75, 3.05) is 13.6 Å². The average Bonchev–Trinajstić information content (AvgIpc) is 2.72. The first-order valence-corrected chi connectivity index (χ1v) is 7.11. The quantitative estimate of drug-likeness (QED) is 0.838. The summed E-state index contributed by atoms with van der Waals surface area (Å²) in [6.45, 7) is 3.69. The van der Waals surface area contributed by atoms with Gasteiger partial charge in [-0.05, 0) is 48.1 Å². The molecular formula is C15H16BrNO2. The average molecular weight is 322 g/mol. The van der Waals surface area contributed by atoms with E-state index in [1.807, 2.05) is 31.2 Å². The van der Waals surface area contributed by atoms with Crippen LogP contribution >= 0.6 is 15.9 Å². The Labute approximate surface area is 121 Å². The summed E-state index contributed by atoms with van der Waals surface area (Å²) in [6, 6.07) is 10.0. The zero-order valence-corrected chi connectivity index (χ0v) is 12.6. The van der Waals surface area contributed by atoms with Crippen LogP contribution in [0.2, 0.25) is 0 Å². The van der Waals surface area contributed by atoms with Crippen molar-refractivity contribution in [1.29, 1.82) is 0 Å². The summed E-state index contributed by atoms with van der Waals surface area (Å²) in [6.07, 6.45) is 0.0184. The molecule has 4 heteroatoms. The van der Waals surface area contributed by atoms with Crippen LogP contribution in [0, 0.1) is 6.92 Å². The van der Waals surface area contributed by atoms with Crippen molar-refractivity contribution in [2.24, 2.45) is 0 Å². The van der Waals surface area contributed by atoms with Crippen molar-refractivity contribution in [3.63, 3.8) is 0 Å². The normalized spacial score (nSPS) is 19.2. The molecular weight excluding hydrogens is 306 g/mol. The number of hydrogen-bond donors (Lipinski definition) is 0. The highest BCUT2D eigenvalue weighted by molar-refractivity contribution is 9.10. The lowest BCUT2D eigenvalue weighted by molar-refractivity contribution is 0.119. The number of halogens is 1. The van der Waals surface area contributed by atoms with Crippen molar-refractivity contribution in [3.05, 3.63) is 51.9 Å². The van der Waals surface area contributed by atoms with E-state index in [0.29, 0.717) is 0 Å². The largest absolute Gasteiger partial charge is 0.483 e. The number of para-hydroxylation sites is 1. The van der Waals surface area contributed by atoms with Crippen LogP contribution < -0.4 is 4.74 Å². The van der Waals surface area contributed by atoms with Gasteiger partial charge in [-0.15, -0.1) is 0 Å². The standard InChI is InChI=1S/C15H16BrNO2/c1-10-7-11-14(18-10)8-17(2)9-15(11)19-13-6-4-3-5-12(13)16/h3-7,15H,8-9H2,1-2H3. The number of fused-ring (bicyclic) bond motifs is 1. The number of furan rings is 1. The summed E-state index contributed by atoms with van der Waals surface area (Å²) in [7, 11) is 2.08. The third-order valence-corrected chi connectivity index (χ3v) is 3.96. The third-order valence-electron chi connectivity index (χ3n) is 3.31. The smallest absolute Gasteiger partial charge is 0.140 e. The molecule has 0 N–H and O–H groups in total. The van der Waals surface area contributed by atoms with E-state index < -0.39 is 0 Å². The predicted molar refractivity (Wildman–Crippen MR) is 77.3 cm³/mol. The van der Waals surface area contributed by atoms with Gasteiger partial charge in [-0.2, -0.15) is 0 Å². The maximum Gasteiger partial charge on any atom is 0.140 e. The highest BCUT2D eigenvalue weighted by atomic mass is 79.9. The van der Waals surface area contributed by atoms with Gasteiger partial charge in [-0.25, -0.2) is 0 Å². The molecule has 1 aromatic carbocycles. The van der Waals surface area contributed by atoms with Crippen LogP contribution in [0.5, 0.6) is 5.75 Å². The van der Waals surface area contributed by atoms with Crippen molar-refractivity contribution < 1.29 is 9.15 Å². The van der Waals surface area contributed by atoms with Crippen LogP contribution in [0.15, 0.2) is 39.2 Å². The molecule has 0 spiro atoms. The van der Waals surface area contributed by atoms with E-state index in [-0.39, 0.29) is 6.10 Å². The minimum absolute atomic E-state index is 0.0184. The van der Waals surface area contributed by atoms with Gasteiger partial charge in [-0.3, -0.25) is 4.90 Å². The number of nitrogens with zero attached hydrogens (tertiary/aromatic N) is 1. The van der Waals surface area contributed by atoms with E-state index in [4.69, 9.17) is 9.15 Å². The molecule has 0 amide bonds. The summed E-state index contributed by atoms with van der Waals surface area (Å²) in [4.78, 5) is 2.22. The van der Waals surface area contributed by atoms with Gasteiger partial charge >= 0.3 is 0 Å². The second-order valence-corrected chi connectivity index (χ2v) is 5.82. The van der Waals surface area contributed by atoms with Gasteiger partial charge in [0.1, 0.15) is 23.4 Å². The molecule has 1 atom stereocenters. The topological polar surface area (TPSA) is 25.6 Å². The molecule has 0 bridgehead atoms. The van der Waals surface area contributed by atoms with E-state index in [1.54, 1.807) is 0 Å². The number of hydrogen-bond acceptors (Lipinski definition) is 3. The molecule has 100 valence electrons. The van der Waals surface area contributed by atoms with Crippen LogP contribution in [-0.2, 0) is 6.54 Å². The van der Waals surface area contributed by atoms with Crippen LogP contribution in [-0.4, -0.2) is 18.5 Å². The van der Waals surface area contributed by atoms with E-state index in [1.165, 1.54) is 5.56 Å². The first-order valence-electron chi connectivity index (χ1n) is 6.32. The molecule has 1 aliphatic heterocycles. The Morgan fingerprint density at radius 1 is 1.37 bits per heavy atom. The highest BCUT2D eigenvalue weighted by Gasteiger charge is 2.28. The number of ether oxygens (including phenoxy) is 1. The minimum Gasteiger partial charge on any atom is -0.483 e. The molecule has 2 aromatic rings. The first-order chi connectivity index (χ1) is 9.13. The predicted octanol–water partition coefficient (Wildman–Crippen LogP) is 3.92. The number of aryl methyl sites for hydroxylation is 1. The number of benzene rings is 1. The summed E-state index contributed by atoms with van der Waals surface area (Å²) < 4.78 is 12.9. The highest BCUT2D eigenvalue weighted by Crippen LogP contribution is 2.34. The molecule has 19 heavy (non-hydrogen) atoms. The van der Waals surface area contributed by atoms with Crippen molar-refractivity contribution in [1.82, 2.24) is 4.90 Å². The Balaban J connectivity index is 1.91. The van der Waals surface area contributed by atoms with Gasteiger partial charge in [0.15, 0.2) is 0 Å². The number of rotatable bonds is 2. The molecule has 1 unspecified atom stereocenters. The second kappa shape index (κ2) is 5.02. The summed E-state index contributed by atoms with van der Waals surface area (Å²) in [5.41, 5.74) is 1.17. The molecule has 3 rings (SSSR count). The maximum absolute atomic E-state index is 6.15. The second-order valence-electron chi connectivity index (χ2n) is 4.97. The lowest BCUT2D eigenvalue weighted by Crippen LogP contribution is -2.32. The summed E-state index contributed by atoms with van der Waals surface area (Å²) in [5, 5.41) is 0. The monoisotopic (exact) mass is 321 g/mol. The minimum atomic E-state index is 0.0184. The zero-order chi connectivity index (χ0) is 13.4. The van der Waals surface area contributed by atoms with E-state index >= 15 is 0 Å². The molecule has 0 saturated heterocycles. The SMILES string of the molecule is Cc1cc2c(o1)CN(C)CC2Oc1ccccc1Br. The number of likely N-dealkylation sites (N-methyl/N-ethyl adjacent to an activating group) is 1. The Morgan fingerprint density at radius 3 is 2.95 bits per heavy atom. The van der Waals surface area contributed by atoms with Gasteiger partial charge in [0.25, 0.3) is 0 Å². The van der Waals surface area contributed by atoms with Gasteiger partial charge in [0, 0.05) is 12.1 Å². The molecule has 1 aliphatic rings. The van der Waals surface area contributed by atoms with E-state index in [0.717, 1.165) is 34.8 Å². The van der Waals surface area contributed by atoms with Gasteiger partial charge in [-0.1, -0.05) is 12.1 Å². The molecule has 0 radical (unpaired) electrons. The first kappa shape index (κ1) is 12.8. The van der Waals surface area contributed by atoms with Crippen LogP contribution in [0.25, 0.3) is 0 Å². The Kier molecular flexibility index (Phi) is 3.37. The van der Waals surface area contributed by atoms with Gasteiger partial charge in [0.2, 0.25) is 0 Å². The fourth-order valence-corrected chi connectivity index (χ4v) is 2.84. The Bertz CT molecular complexity index is 594. The fraction of sp³-hybridized carbons (Fsp3) is 0.333. The van der Waals surface area contributed by atoms with Gasteiger partial charge < -0.3 is 9.15 Å². The van der Waals surface area contributed by atoms with Crippen molar-refractivity contribution in [3.8, 4) is 5.75 Å². The molecule has 0 fully saturated rings. The third kappa shape index (κ3) is 2.55. The lowest BCUT2D eigenvalue weighted by atomic mass is 10.1. The van der Waals surface area contributed by atoms with E-state index in [2.05, 4.69) is 33.9 Å². The molecule has 0 aliphatic carbocycles. The van der Waals surface area contributed by atoms with Crippen LogP contribution in [0.4, 0.5) is 0 Å². The summed E-state index contributed by atoms with van der Waals surface area (Å²) >= 11 is 3.52. The van der Waals surface area contributed by atoms with Crippen molar-refractivity contribution >= 4 is 15.9 Å². The summed E-state index contributed by atoms with van der Waals surface area (Å²) in [5.74, 6) is 2.83. The maximum atomic E-state index is 6.15. The lowest BCUT2D eigenvalue weighted by Gasteiger charge is -2.29. The molecule has 0 saturated carbocycles. The molecule has 3 nitrogen and oxygen atoms in total. The van der Waals surface area contributed by atoms with Crippen LogP contribution in [0.1, 0.15) is 23.2 Å². The Morgan fingerprint density at radius 2 is 2.16 bits per heavy atom. The zero-order valence-electron chi connectivity index (χ0n) is 11.0. The van der Waals surface area contributed by atoms with Crippen molar-refractivity contribution in [2.45, 2.75) is 19.6 Å². The van der Waals surface area contributed by atoms with E-state index in [9.17, 15) is 0 Å². The fourth-order valence-electron chi connectivity index (χ4n) is 2.46.